The molecule has 1 N–H and O–H groups in total. The molecule has 0 aliphatic heterocycles. The highest BCUT2D eigenvalue weighted by atomic mass is 32.2. The number of hydrogen-bond acceptors (Lipinski definition) is 7. The molecule has 0 atom stereocenters. The summed E-state index contributed by atoms with van der Waals surface area (Å²) in [4.78, 5) is 5.49. The topological polar surface area (TPSA) is 84.6 Å². The van der Waals surface area contributed by atoms with E-state index in [0.717, 1.165) is 37.1 Å². The van der Waals surface area contributed by atoms with Gasteiger partial charge in [0.15, 0.2) is 5.65 Å². The first-order chi connectivity index (χ1) is 12.3. The van der Waals surface area contributed by atoms with E-state index in [0.29, 0.717) is 5.65 Å². The molecule has 1 aromatic carbocycles. The summed E-state index contributed by atoms with van der Waals surface area (Å²) in [7, 11) is 0. The maximum Gasteiger partial charge on any atom is 0.217 e. The van der Waals surface area contributed by atoms with Crippen molar-refractivity contribution in [3.05, 3.63) is 47.7 Å². The lowest BCUT2D eigenvalue weighted by Gasteiger charge is -2.04. The smallest absolute Gasteiger partial charge is 0.217 e. The van der Waals surface area contributed by atoms with Gasteiger partial charge in [-0.3, -0.25) is 5.10 Å². The molecule has 0 amide bonds. The number of H-pyrrole nitrogens is 1. The minimum absolute atomic E-state index is 0.714. The van der Waals surface area contributed by atoms with Crippen LogP contribution in [0.5, 0.6) is 0 Å². The van der Waals surface area contributed by atoms with E-state index in [2.05, 4.69) is 49.5 Å². The van der Waals surface area contributed by atoms with Crippen molar-refractivity contribution in [2.24, 2.45) is 0 Å². The highest BCUT2D eigenvalue weighted by Gasteiger charge is 2.13. The number of thiazole rings is 1. The summed E-state index contributed by atoms with van der Waals surface area (Å²) >= 11 is 3.19. The largest absolute Gasteiger partial charge is 0.285 e. The fraction of sp³-hybridized carbons (Fsp3) is 0.0625. The molecule has 9 heteroatoms. The van der Waals surface area contributed by atoms with Crippen molar-refractivity contribution in [3.63, 3.8) is 0 Å². The number of aromatic amines is 1. The SMILES string of the molecule is Cc1cc2ncsc2cc1Sc1nnc2ccc(-c3cn[nH]c3)nn12. The van der Waals surface area contributed by atoms with Crippen molar-refractivity contribution in [2.75, 3.05) is 0 Å². The van der Waals surface area contributed by atoms with Gasteiger partial charge in [0.2, 0.25) is 5.16 Å². The fourth-order valence-corrected chi connectivity index (χ4v) is 4.24. The lowest BCUT2D eigenvalue weighted by Crippen LogP contribution is -1.96. The summed E-state index contributed by atoms with van der Waals surface area (Å²) in [6, 6.07) is 8.07. The molecular weight excluding hydrogens is 354 g/mol. The van der Waals surface area contributed by atoms with Gasteiger partial charge in [0.25, 0.3) is 0 Å². The van der Waals surface area contributed by atoms with Crippen LogP contribution in [0.4, 0.5) is 0 Å². The van der Waals surface area contributed by atoms with Crippen molar-refractivity contribution in [2.45, 2.75) is 17.0 Å². The Labute approximate surface area is 150 Å². The molecule has 7 nitrogen and oxygen atoms in total. The maximum absolute atomic E-state index is 4.66. The van der Waals surface area contributed by atoms with Gasteiger partial charge in [0, 0.05) is 16.7 Å². The van der Waals surface area contributed by atoms with Gasteiger partial charge in [-0.15, -0.1) is 21.5 Å². The highest BCUT2D eigenvalue weighted by molar-refractivity contribution is 7.99. The zero-order chi connectivity index (χ0) is 16.8. The van der Waals surface area contributed by atoms with E-state index in [-0.39, 0.29) is 0 Å². The van der Waals surface area contributed by atoms with Crippen LogP contribution in [0.3, 0.4) is 0 Å². The van der Waals surface area contributed by atoms with Crippen LogP contribution in [0.2, 0.25) is 0 Å². The Kier molecular flexibility index (Phi) is 3.28. The van der Waals surface area contributed by atoms with Crippen LogP contribution < -0.4 is 0 Å². The first-order valence-corrected chi connectivity index (χ1v) is 9.21. The molecule has 4 aromatic heterocycles. The zero-order valence-corrected chi connectivity index (χ0v) is 14.7. The third kappa shape index (κ3) is 2.48. The van der Waals surface area contributed by atoms with E-state index in [4.69, 9.17) is 0 Å². The molecule has 0 radical (unpaired) electrons. The summed E-state index contributed by atoms with van der Waals surface area (Å²) in [5.41, 5.74) is 6.51. The van der Waals surface area contributed by atoms with E-state index >= 15 is 0 Å². The molecule has 4 heterocycles. The molecule has 0 aliphatic rings. The van der Waals surface area contributed by atoms with Gasteiger partial charge in [-0.05, 0) is 48.5 Å². The molecule has 0 bridgehead atoms. The highest BCUT2D eigenvalue weighted by Crippen LogP contribution is 2.33. The molecule has 0 unspecified atom stereocenters. The first kappa shape index (κ1) is 14.6. The lowest BCUT2D eigenvalue weighted by molar-refractivity contribution is 0.813. The Morgan fingerprint density at radius 3 is 3.04 bits per heavy atom. The number of aryl methyl sites for hydroxylation is 1. The minimum Gasteiger partial charge on any atom is -0.285 e. The molecule has 0 fully saturated rings. The average molecular weight is 365 g/mol. The third-order valence-corrected chi connectivity index (χ3v) is 5.75. The second-order valence-corrected chi connectivity index (χ2v) is 7.39. The number of nitrogens with zero attached hydrogens (tertiary/aromatic N) is 6. The second-order valence-electron chi connectivity index (χ2n) is 5.50. The van der Waals surface area contributed by atoms with Crippen molar-refractivity contribution >= 4 is 39.0 Å². The van der Waals surface area contributed by atoms with E-state index in [1.54, 1.807) is 33.8 Å². The summed E-state index contributed by atoms with van der Waals surface area (Å²) in [6.07, 6.45) is 3.56. The Balaban J connectivity index is 1.59. The predicted molar refractivity (Wildman–Crippen MR) is 96.8 cm³/mol. The molecule has 0 saturated carbocycles. The zero-order valence-electron chi connectivity index (χ0n) is 13.0. The molecule has 5 aromatic rings. The van der Waals surface area contributed by atoms with Crippen molar-refractivity contribution in [3.8, 4) is 11.3 Å². The first-order valence-electron chi connectivity index (χ1n) is 7.51. The van der Waals surface area contributed by atoms with Crippen LogP contribution in [0.25, 0.3) is 27.1 Å². The second kappa shape index (κ2) is 5.64. The average Bonchev–Trinajstić information content (AvgIpc) is 3.35. The van der Waals surface area contributed by atoms with E-state index in [9.17, 15) is 0 Å². The molecule has 0 saturated heterocycles. The van der Waals surface area contributed by atoms with Gasteiger partial charge in [-0.2, -0.15) is 14.7 Å². The number of fused-ring (bicyclic) bond motifs is 2. The van der Waals surface area contributed by atoms with Gasteiger partial charge < -0.3 is 0 Å². The lowest BCUT2D eigenvalue weighted by atomic mass is 10.2. The quantitative estimate of drug-likeness (QED) is 0.526. The Bertz CT molecular complexity index is 1190. The van der Waals surface area contributed by atoms with Gasteiger partial charge in [0.1, 0.15) is 0 Å². The number of benzene rings is 1. The van der Waals surface area contributed by atoms with Crippen molar-refractivity contribution < 1.29 is 0 Å². The number of hydrogen-bond donors (Lipinski definition) is 1. The third-order valence-electron chi connectivity index (χ3n) is 3.86. The van der Waals surface area contributed by atoms with Crippen molar-refractivity contribution in [1.29, 1.82) is 0 Å². The number of rotatable bonds is 3. The summed E-state index contributed by atoms with van der Waals surface area (Å²) in [6.45, 7) is 2.08. The normalized spacial score (nSPS) is 11.6. The van der Waals surface area contributed by atoms with Crippen molar-refractivity contribution in [1.82, 2.24) is 35.0 Å². The van der Waals surface area contributed by atoms with Gasteiger partial charge in [-0.1, -0.05) is 0 Å². The van der Waals surface area contributed by atoms with E-state index in [1.807, 2.05) is 23.8 Å². The molecule has 5 rings (SSSR count). The van der Waals surface area contributed by atoms with Gasteiger partial charge in [-0.25, -0.2) is 4.98 Å². The number of nitrogens with one attached hydrogen (secondary N) is 1. The Morgan fingerprint density at radius 1 is 1.20 bits per heavy atom. The Hall–Kier alpha value is -2.78. The van der Waals surface area contributed by atoms with Gasteiger partial charge in [0.05, 0.1) is 27.6 Å². The molecule has 0 spiro atoms. The summed E-state index contributed by atoms with van der Waals surface area (Å²) < 4.78 is 2.93. The summed E-state index contributed by atoms with van der Waals surface area (Å²) in [5.74, 6) is 0. The molecular formula is C16H11N7S2. The fourth-order valence-electron chi connectivity index (χ4n) is 2.58. The van der Waals surface area contributed by atoms with Crippen LogP contribution >= 0.6 is 23.1 Å². The van der Waals surface area contributed by atoms with Crippen LogP contribution in [-0.4, -0.2) is 35.0 Å². The molecule has 25 heavy (non-hydrogen) atoms. The number of aromatic nitrogens is 7. The monoisotopic (exact) mass is 365 g/mol. The van der Waals surface area contributed by atoms with E-state index in [1.165, 1.54) is 0 Å². The van der Waals surface area contributed by atoms with Crippen LogP contribution in [0, 0.1) is 6.92 Å². The van der Waals surface area contributed by atoms with Crippen LogP contribution in [-0.2, 0) is 0 Å². The predicted octanol–water partition coefficient (Wildman–Crippen LogP) is 3.58. The minimum atomic E-state index is 0.714. The Morgan fingerprint density at radius 2 is 2.16 bits per heavy atom. The maximum atomic E-state index is 4.66. The molecule has 122 valence electrons. The van der Waals surface area contributed by atoms with E-state index < -0.39 is 0 Å². The van der Waals surface area contributed by atoms with Crippen LogP contribution in [0.15, 0.2) is 52.2 Å². The van der Waals surface area contributed by atoms with Crippen LogP contribution in [0.1, 0.15) is 5.56 Å². The summed E-state index contributed by atoms with van der Waals surface area (Å²) in [5, 5.41) is 20.7. The molecule has 0 aliphatic carbocycles. The van der Waals surface area contributed by atoms with Gasteiger partial charge >= 0.3 is 0 Å². The standard InChI is InChI=1S/C16H11N7S2/c1-9-4-12-14(24-8-17-12)5-13(9)25-16-21-20-15-3-2-11(22-23(15)16)10-6-18-19-7-10/h2-8H,1H3,(H,18,19).